The third-order valence-electron chi connectivity index (χ3n) is 1.95. The van der Waals surface area contributed by atoms with Crippen molar-refractivity contribution >= 4 is 5.91 Å². The van der Waals surface area contributed by atoms with Gasteiger partial charge in [-0.05, 0) is 17.5 Å². The fourth-order valence-electron chi connectivity index (χ4n) is 1.21. The van der Waals surface area contributed by atoms with Gasteiger partial charge in [0, 0.05) is 25.0 Å². The van der Waals surface area contributed by atoms with Crippen molar-refractivity contribution in [1.82, 2.24) is 10.3 Å². The van der Waals surface area contributed by atoms with Crippen LogP contribution in [-0.4, -0.2) is 17.9 Å². The van der Waals surface area contributed by atoms with E-state index in [0.29, 0.717) is 11.5 Å². The van der Waals surface area contributed by atoms with Gasteiger partial charge in [-0.2, -0.15) is 0 Å². The van der Waals surface area contributed by atoms with Gasteiger partial charge in [0.05, 0.1) is 0 Å². The van der Waals surface area contributed by atoms with Crippen molar-refractivity contribution < 1.29 is 4.79 Å². The molecule has 0 aliphatic heterocycles. The highest BCUT2D eigenvalue weighted by Crippen LogP contribution is 2.17. The van der Waals surface area contributed by atoms with E-state index >= 15 is 0 Å². The van der Waals surface area contributed by atoms with Gasteiger partial charge in [-0.15, -0.1) is 0 Å². The van der Waals surface area contributed by atoms with Crippen molar-refractivity contribution in [3.8, 4) is 0 Å². The molecule has 1 amide bonds. The van der Waals surface area contributed by atoms with E-state index in [1.807, 2.05) is 13.8 Å². The maximum absolute atomic E-state index is 11.4. The molecule has 0 aliphatic rings. The van der Waals surface area contributed by atoms with Gasteiger partial charge in [0.1, 0.15) is 0 Å². The second-order valence-corrected chi connectivity index (χ2v) is 3.20. The molecule has 1 rings (SSSR count). The zero-order chi connectivity index (χ0) is 9.84. The summed E-state index contributed by atoms with van der Waals surface area (Å²) in [5, 5.41) is 2.61. The average Bonchev–Trinajstić information content (AvgIpc) is 2.16. The maximum atomic E-state index is 11.4. The van der Waals surface area contributed by atoms with Crippen LogP contribution >= 0.6 is 0 Å². The van der Waals surface area contributed by atoms with Crippen LogP contribution in [0.5, 0.6) is 0 Å². The van der Waals surface area contributed by atoms with Gasteiger partial charge in [-0.25, -0.2) is 0 Å². The number of aromatic nitrogens is 1. The highest BCUT2D eigenvalue weighted by atomic mass is 16.1. The van der Waals surface area contributed by atoms with Crippen molar-refractivity contribution in [2.24, 2.45) is 0 Å². The maximum Gasteiger partial charge on any atom is 0.251 e. The summed E-state index contributed by atoms with van der Waals surface area (Å²) in [6, 6.07) is 1.74. The molecular formula is C10H14N2O. The van der Waals surface area contributed by atoms with Crippen molar-refractivity contribution in [2.75, 3.05) is 7.05 Å². The SMILES string of the molecule is CNC(=O)c1ccncc1C(C)C. The minimum atomic E-state index is -0.0499. The Balaban J connectivity index is 3.12. The van der Waals surface area contributed by atoms with Gasteiger partial charge >= 0.3 is 0 Å². The van der Waals surface area contributed by atoms with E-state index in [9.17, 15) is 4.79 Å². The summed E-state index contributed by atoms with van der Waals surface area (Å²) in [6.45, 7) is 4.09. The van der Waals surface area contributed by atoms with E-state index in [1.54, 1.807) is 25.5 Å². The predicted molar refractivity (Wildman–Crippen MR) is 51.7 cm³/mol. The predicted octanol–water partition coefficient (Wildman–Crippen LogP) is 1.56. The molecule has 0 atom stereocenters. The van der Waals surface area contributed by atoms with Gasteiger partial charge in [0.2, 0.25) is 0 Å². The van der Waals surface area contributed by atoms with Crippen LogP contribution < -0.4 is 5.32 Å². The van der Waals surface area contributed by atoms with Crippen molar-refractivity contribution in [1.29, 1.82) is 0 Å². The molecule has 3 nitrogen and oxygen atoms in total. The van der Waals surface area contributed by atoms with Crippen LogP contribution in [0.1, 0.15) is 35.7 Å². The number of hydrogen-bond donors (Lipinski definition) is 1. The minimum absolute atomic E-state index is 0.0499. The zero-order valence-corrected chi connectivity index (χ0v) is 8.16. The average molecular weight is 178 g/mol. The monoisotopic (exact) mass is 178 g/mol. The van der Waals surface area contributed by atoms with Crippen molar-refractivity contribution in [3.63, 3.8) is 0 Å². The summed E-state index contributed by atoms with van der Waals surface area (Å²) in [4.78, 5) is 15.4. The normalized spacial score (nSPS) is 10.2. The molecule has 0 unspecified atom stereocenters. The topological polar surface area (TPSA) is 42.0 Å². The van der Waals surface area contributed by atoms with Crippen molar-refractivity contribution in [2.45, 2.75) is 19.8 Å². The molecule has 3 heteroatoms. The third-order valence-corrected chi connectivity index (χ3v) is 1.95. The number of amides is 1. The Hall–Kier alpha value is -1.38. The van der Waals surface area contributed by atoms with Gasteiger partial charge in [-0.1, -0.05) is 13.8 Å². The van der Waals surface area contributed by atoms with Crippen LogP contribution in [0.2, 0.25) is 0 Å². The van der Waals surface area contributed by atoms with E-state index in [4.69, 9.17) is 0 Å². The van der Waals surface area contributed by atoms with E-state index in [2.05, 4.69) is 10.3 Å². The number of hydrogen-bond acceptors (Lipinski definition) is 2. The number of carbonyl (C=O) groups is 1. The lowest BCUT2D eigenvalue weighted by molar-refractivity contribution is 0.0961. The molecule has 0 aromatic carbocycles. The Morgan fingerprint density at radius 2 is 2.23 bits per heavy atom. The summed E-state index contributed by atoms with van der Waals surface area (Å²) in [6.07, 6.45) is 3.38. The Labute approximate surface area is 78.2 Å². The minimum Gasteiger partial charge on any atom is -0.355 e. The van der Waals surface area contributed by atoms with Gasteiger partial charge in [0.25, 0.3) is 5.91 Å². The number of pyridine rings is 1. The Kier molecular flexibility index (Phi) is 3.01. The second-order valence-electron chi connectivity index (χ2n) is 3.20. The number of carbonyl (C=O) groups excluding carboxylic acids is 1. The summed E-state index contributed by atoms with van der Waals surface area (Å²) < 4.78 is 0. The van der Waals surface area contributed by atoms with E-state index in [0.717, 1.165) is 5.56 Å². The van der Waals surface area contributed by atoms with E-state index in [1.165, 1.54) is 0 Å². The van der Waals surface area contributed by atoms with Crippen LogP contribution in [-0.2, 0) is 0 Å². The lowest BCUT2D eigenvalue weighted by atomic mass is 9.99. The molecule has 0 saturated heterocycles. The first-order valence-corrected chi connectivity index (χ1v) is 4.32. The largest absolute Gasteiger partial charge is 0.355 e. The fourth-order valence-corrected chi connectivity index (χ4v) is 1.21. The lowest BCUT2D eigenvalue weighted by Crippen LogP contribution is -2.20. The Morgan fingerprint density at radius 3 is 2.77 bits per heavy atom. The van der Waals surface area contributed by atoms with Crippen LogP contribution in [0.3, 0.4) is 0 Å². The molecule has 0 spiro atoms. The molecule has 1 N–H and O–H groups in total. The summed E-state index contributed by atoms with van der Waals surface area (Å²) >= 11 is 0. The fraction of sp³-hybridized carbons (Fsp3) is 0.400. The number of nitrogens with one attached hydrogen (secondary N) is 1. The van der Waals surface area contributed by atoms with Gasteiger partial charge in [-0.3, -0.25) is 9.78 Å². The van der Waals surface area contributed by atoms with E-state index in [-0.39, 0.29) is 5.91 Å². The first-order valence-electron chi connectivity index (χ1n) is 4.32. The molecule has 13 heavy (non-hydrogen) atoms. The highest BCUT2D eigenvalue weighted by molar-refractivity contribution is 5.95. The summed E-state index contributed by atoms with van der Waals surface area (Å²) in [5.74, 6) is 0.270. The quantitative estimate of drug-likeness (QED) is 0.746. The highest BCUT2D eigenvalue weighted by Gasteiger charge is 2.11. The summed E-state index contributed by atoms with van der Waals surface area (Å²) in [7, 11) is 1.63. The number of nitrogens with zero attached hydrogens (tertiary/aromatic N) is 1. The molecular weight excluding hydrogens is 164 g/mol. The standard InChI is InChI=1S/C10H14N2O/c1-7(2)9-6-12-5-4-8(9)10(13)11-3/h4-7H,1-3H3,(H,11,13). The van der Waals surface area contributed by atoms with Crippen LogP contribution in [0.4, 0.5) is 0 Å². The third kappa shape index (κ3) is 2.05. The molecule has 70 valence electrons. The molecule has 1 aromatic heterocycles. The van der Waals surface area contributed by atoms with Crippen LogP contribution in [0, 0.1) is 0 Å². The summed E-state index contributed by atoms with van der Waals surface area (Å²) in [5.41, 5.74) is 1.70. The smallest absolute Gasteiger partial charge is 0.251 e. The number of rotatable bonds is 2. The van der Waals surface area contributed by atoms with Crippen molar-refractivity contribution in [3.05, 3.63) is 29.6 Å². The van der Waals surface area contributed by atoms with Crippen LogP contribution in [0.25, 0.3) is 0 Å². The van der Waals surface area contributed by atoms with E-state index < -0.39 is 0 Å². The molecule has 0 bridgehead atoms. The van der Waals surface area contributed by atoms with Gasteiger partial charge < -0.3 is 5.32 Å². The second kappa shape index (κ2) is 4.03. The first-order chi connectivity index (χ1) is 6.16. The molecule has 0 aliphatic carbocycles. The molecule has 1 heterocycles. The molecule has 1 aromatic rings. The lowest BCUT2D eigenvalue weighted by Gasteiger charge is -2.09. The van der Waals surface area contributed by atoms with Crippen LogP contribution in [0.15, 0.2) is 18.5 Å². The Bertz CT molecular complexity index is 308. The molecule has 0 saturated carbocycles. The molecule has 0 radical (unpaired) electrons. The molecule has 0 fully saturated rings. The Morgan fingerprint density at radius 1 is 1.54 bits per heavy atom. The zero-order valence-electron chi connectivity index (χ0n) is 8.16. The first kappa shape index (κ1) is 9.71. The van der Waals surface area contributed by atoms with Gasteiger partial charge in [0.15, 0.2) is 0 Å².